The molecule has 5 N–H and O–H groups in total. The van der Waals surface area contributed by atoms with Gasteiger partial charge in [0.25, 0.3) is 11.8 Å². The zero-order valence-electron chi connectivity index (χ0n) is 15.6. The topological polar surface area (TPSA) is 184 Å². The van der Waals surface area contributed by atoms with E-state index < -0.39 is 35.6 Å². The van der Waals surface area contributed by atoms with Crippen LogP contribution in [0.25, 0.3) is 0 Å². The molecule has 12 nitrogen and oxygen atoms in total. The van der Waals surface area contributed by atoms with Gasteiger partial charge in [-0.05, 0) is 25.0 Å². The van der Waals surface area contributed by atoms with Gasteiger partial charge in [0.2, 0.25) is 11.5 Å². The lowest BCUT2D eigenvalue weighted by Crippen LogP contribution is -2.72. The molecular weight excluding hydrogens is 446 g/mol. The van der Waals surface area contributed by atoms with Crippen LogP contribution >= 0.6 is 23.3 Å². The van der Waals surface area contributed by atoms with Crippen LogP contribution < -0.4 is 11.1 Å². The van der Waals surface area contributed by atoms with Crippen molar-refractivity contribution in [2.75, 3.05) is 5.73 Å². The van der Waals surface area contributed by atoms with Crippen LogP contribution in [0.2, 0.25) is 0 Å². The van der Waals surface area contributed by atoms with Crippen molar-refractivity contribution in [1.29, 1.82) is 0 Å². The number of carboxylic acids is 1. The SMILES string of the molecule is Nc1nc(/C(=N/O)C(=O)N[C@@H]2C(=O)N3C(C(=O)O)=C(Sc4ccncc4)CCC23)ns1. The number of β-lactam (4-membered cyclic amide) rings is 1. The molecular formula is C17H15N7O5S2. The van der Waals surface area contributed by atoms with Crippen LogP contribution in [0, 0.1) is 0 Å². The van der Waals surface area contributed by atoms with Crippen LogP contribution in [0.3, 0.4) is 0 Å². The number of thioether (sulfide) groups is 1. The number of anilines is 1. The van der Waals surface area contributed by atoms with Crippen LogP contribution in [0.15, 0.2) is 45.2 Å². The largest absolute Gasteiger partial charge is 0.477 e. The van der Waals surface area contributed by atoms with Gasteiger partial charge >= 0.3 is 5.97 Å². The lowest BCUT2D eigenvalue weighted by molar-refractivity contribution is -0.155. The van der Waals surface area contributed by atoms with Crippen molar-refractivity contribution in [2.24, 2.45) is 5.16 Å². The maximum absolute atomic E-state index is 12.7. The second kappa shape index (κ2) is 8.31. The van der Waals surface area contributed by atoms with Crippen molar-refractivity contribution in [3.8, 4) is 0 Å². The normalized spacial score (nSPS) is 20.8. The van der Waals surface area contributed by atoms with Crippen molar-refractivity contribution in [1.82, 2.24) is 24.6 Å². The Morgan fingerprint density at radius 2 is 2.10 bits per heavy atom. The first-order valence-electron chi connectivity index (χ1n) is 8.90. The summed E-state index contributed by atoms with van der Waals surface area (Å²) in [6.07, 6.45) is 4.07. The van der Waals surface area contributed by atoms with Crippen molar-refractivity contribution in [3.63, 3.8) is 0 Å². The molecule has 2 aliphatic rings. The quantitative estimate of drug-likeness (QED) is 0.201. The fraction of sp³-hybridized carbons (Fsp3) is 0.235. The van der Waals surface area contributed by atoms with E-state index in [0.717, 1.165) is 16.4 Å². The highest BCUT2D eigenvalue weighted by Gasteiger charge is 2.53. The zero-order valence-corrected chi connectivity index (χ0v) is 17.3. The summed E-state index contributed by atoms with van der Waals surface area (Å²) in [6.45, 7) is 0. The van der Waals surface area contributed by atoms with Gasteiger partial charge in [0.1, 0.15) is 11.7 Å². The average molecular weight is 461 g/mol. The molecule has 2 aromatic rings. The second-order valence-electron chi connectivity index (χ2n) is 6.53. The highest BCUT2D eigenvalue weighted by Crippen LogP contribution is 2.42. The van der Waals surface area contributed by atoms with Gasteiger partial charge in [-0.25, -0.2) is 4.79 Å². The zero-order chi connectivity index (χ0) is 22.1. The third kappa shape index (κ3) is 3.82. The van der Waals surface area contributed by atoms with Crippen molar-refractivity contribution in [3.05, 3.63) is 41.0 Å². The fourth-order valence-electron chi connectivity index (χ4n) is 3.41. The molecule has 0 radical (unpaired) electrons. The molecule has 2 amide bonds. The standard InChI is InChI=1S/C17H15N7O5S2/c18-17-21-13(23-31-17)11(22-29)14(25)20-10-8-1-2-9(30-7-3-5-19-6-4-7)12(16(27)28)24(8)15(10)26/h3-6,8,10,29H,1-2H2,(H,20,25)(H,27,28)(H2,18,21,23)/b22-11-/t8?,10-/m0/s1. The van der Waals surface area contributed by atoms with Gasteiger partial charge in [-0.3, -0.25) is 19.5 Å². The molecule has 1 saturated heterocycles. The van der Waals surface area contributed by atoms with E-state index in [1.165, 1.54) is 16.7 Å². The Hall–Kier alpha value is -3.52. The molecule has 14 heteroatoms. The maximum Gasteiger partial charge on any atom is 0.353 e. The molecule has 2 aliphatic heterocycles. The monoisotopic (exact) mass is 461 g/mol. The Morgan fingerprint density at radius 1 is 1.35 bits per heavy atom. The van der Waals surface area contributed by atoms with E-state index in [4.69, 9.17) is 5.73 Å². The van der Waals surface area contributed by atoms with Gasteiger partial charge in [0, 0.05) is 33.7 Å². The Kier molecular flexibility index (Phi) is 5.56. The number of rotatable bonds is 6. The predicted octanol–water partition coefficient (Wildman–Crippen LogP) is 0.272. The van der Waals surface area contributed by atoms with Crippen molar-refractivity contribution < 1.29 is 24.7 Å². The molecule has 160 valence electrons. The average Bonchev–Trinajstić information content (AvgIpc) is 3.18. The van der Waals surface area contributed by atoms with E-state index in [9.17, 15) is 24.7 Å². The van der Waals surface area contributed by atoms with Crippen LogP contribution in [0.4, 0.5) is 5.13 Å². The number of nitrogen functional groups attached to an aromatic ring is 1. The molecule has 4 rings (SSSR count). The highest BCUT2D eigenvalue weighted by atomic mass is 32.2. The number of hydrogen-bond acceptors (Lipinski definition) is 11. The van der Waals surface area contributed by atoms with E-state index in [1.807, 2.05) is 0 Å². The van der Waals surface area contributed by atoms with E-state index >= 15 is 0 Å². The van der Waals surface area contributed by atoms with Crippen molar-refractivity contribution in [2.45, 2.75) is 29.8 Å². The Morgan fingerprint density at radius 3 is 2.71 bits per heavy atom. The molecule has 0 aliphatic carbocycles. The minimum Gasteiger partial charge on any atom is -0.477 e. The number of carbonyl (C=O) groups is 3. The molecule has 0 bridgehead atoms. The molecule has 0 aromatic carbocycles. The van der Waals surface area contributed by atoms with Gasteiger partial charge in [0.05, 0.1) is 6.04 Å². The molecule has 2 aromatic heterocycles. The number of pyridine rings is 1. The molecule has 0 saturated carbocycles. The molecule has 2 atom stereocenters. The van der Waals surface area contributed by atoms with Gasteiger partial charge in [-0.1, -0.05) is 16.9 Å². The van der Waals surface area contributed by atoms with E-state index in [0.29, 0.717) is 17.7 Å². The number of aliphatic carboxylic acids is 1. The number of hydrogen-bond donors (Lipinski definition) is 4. The lowest BCUT2D eigenvalue weighted by atomic mass is 9.86. The smallest absolute Gasteiger partial charge is 0.353 e. The minimum atomic E-state index is -1.22. The van der Waals surface area contributed by atoms with Crippen molar-refractivity contribution >= 4 is 51.9 Å². The number of nitrogens with zero attached hydrogens (tertiary/aromatic N) is 5. The molecule has 1 fully saturated rings. The third-order valence-corrected chi connectivity index (χ3v) is 6.43. The third-order valence-electron chi connectivity index (χ3n) is 4.74. The fourth-order valence-corrected chi connectivity index (χ4v) is 4.89. The first-order valence-corrected chi connectivity index (χ1v) is 10.5. The molecule has 0 spiro atoms. The first-order chi connectivity index (χ1) is 14.9. The molecule has 4 heterocycles. The summed E-state index contributed by atoms with van der Waals surface area (Å²) in [4.78, 5) is 47.4. The number of allylic oxidation sites excluding steroid dienone is 1. The predicted molar refractivity (Wildman–Crippen MR) is 109 cm³/mol. The molecule has 1 unspecified atom stereocenters. The van der Waals surface area contributed by atoms with Crippen LogP contribution in [0.5, 0.6) is 0 Å². The van der Waals surface area contributed by atoms with Gasteiger partial charge < -0.3 is 21.4 Å². The number of carboxylic acid groups (broad SMARTS) is 1. The Bertz CT molecular complexity index is 1120. The first kappa shape index (κ1) is 20.7. The summed E-state index contributed by atoms with van der Waals surface area (Å²) >= 11 is 2.08. The number of carbonyl (C=O) groups excluding carboxylic acids is 2. The molecule has 31 heavy (non-hydrogen) atoms. The maximum atomic E-state index is 12.7. The Labute approximate surface area is 183 Å². The summed E-state index contributed by atoms with van der Waals surface area (Å²) in [6, 6.07) is 2.01. The Balaban J connectivity index is 1.52. The number of nitrogens with two attached hydrogens (primary N) is 1. The van der Waals surface area contributed by atoms with E-state index in [-0.39, 0.29) is 16.7 Å². The van der Waals surface area contributed by atoms with Gasteiger partial charge in [0.15, 0.2) is 5.13 Å². The van der Waals surface area contributed by atoms with Gasteiger partial charge in [-0.15, -0.1) is 0 Å². The summed E-state index contributed by atoms with van der Waals surface area (Å²) < 4.78 is 3.81. The summed E-state index contributed by atoms with van der Waals surface area (Å²) in [7, 11) is 0. The number of oxime groups is 1. The van der Waals surface area contributed by atoms with Crippen LogP contribution in [-0.2, 0) is 14.4 Å². The minimum absolute atomic E-state index is 0.0811. The lowest BCUT2D eigenvalue weighted by Gasteiger charge is -2.50. The number of amides is 2. The number of nitrogens with one attached hydrogen (secondary N) is 1. The summed E-state index contributed by atoms with van der Waals surface area (Å²) in [5.41, 5.74) is 4.89. The van der Waals surface area contributed by atoms with Gasteiger partial charge in [-0.2, -0.15) is 9.36 Å². The van der Waals surface area contributed by atoms with Crippen LogP contribution in [-0.4, -0.2) is 65.1 Å². The number of fused-ring (bicyclic) bond motifs is 1. The highest BCUT2D eigenvalue weighted by molar-refractivity contribution is 8.03. The number of aromatic nitrogens is 3. The summed E-state index contributed by atoms with van der Waals surface area (Å²) in [5.74, 6) is -2.82. The van der Waals surface area contributed by atoms with Crippen LogP contribution in [0.1, 0.15) is 18.7 Å². The second-order valence-corrected chi connectivity index (χ2v) is 8.48. The summed E-state index contributed by atoms with van der Waals surface area (Å²) in [5, 5.41) is 24.4. The van der Waals surface area contributed by atoms with E-state index in [1.54, 1.807) is 24.5 Å². The van der Waals surface area contributed by atoms with E-state index in [2.05, 4.69) is 24.8 Å².